The maximum Gasteiger partial charge on any atom is 0.278 e. The molecule has 0 aromatic heterocycles. The lowest BCUT2D eigenvalue weighted by Gasteiger charge is -2.28. The Kier molecular flexibility index (Phi) is 7.56. The topological polar surface area (TPSA) is 61.9 Å². The van der Waals surface area contributed by atoms with Crippen LogP contribution in [0.15, 0.2) is 54.2 Å². The van der Waals surface area contributed by atoms with Crippen LogP contribution in [0.4, 0.5) is 11.4 Å². The lowest BCUT2D eigenvalue weighted by Crippen LogP contribution is -2.33. The van der Waals surface area contributed by atoms with Gasteiger partial charge in [0, 0.05) is 31.0 Å². The van der Waals surface area contributed by atoms with Gasteiger partial charge in [0.2, 0.25) is 0 Å². The van der Waals surface area contributed by atoms with Gasteiger partial charge in [-0.25, -0.2) is 0 Å². The summed E-state index contributed by atoms with van der Waals surface area (Å²) in [6.07, 6.45) is 4.45. The molecule has 2 aromatic rings. The van der Waals surface area contributed by atoms with Crippen LogP contribution in [0.2, 0.25) is 0 Å². The Morgan fingerprint density at radius 2 is 1.59 bits per heavy atom. The minimum absolute atomic E-state index is 0.255. The zero-order chi connectivity index (χ0) is 24.1. The number of carbonyl (C=O) groups is 2. The third-order valence-electron chi connectivity index (χ3n) is 6.20. The van der Waals surface area contributed by atoms with Gasteiger partial charge in [0.05, 0.1) is 12.2 Å². The van der Waals surface area contributed by atoms with Crippen LogP contribution in [-0.4, -0.2) is 43.0 Å². The van der Waals surface area contributed by atoms with Gasteiger partial charge < -0.3 is 15.0 Å². The van der Waals surface area contributed by atoms with Crippen LogP contribution >= 0.6 is 0 Å². The molecule has 6 heteroatoms. The number of hydrogen-bond acceptors (Lipinski definition) is 5. The van der Waals surface area contributed by atoms with Crippen molar-refractivity contribution in [3.63, 3.8) is 0 Å². The lowest BCUT2D eigenvalue weighted by molar-refractivity contribution is -0.136. The molecule has 1 N–H and O–H groups in total. The van der Waals surface area contributed by atoms with Crippen molar-refractivity contribution in [2.24, 2.45) is 5.92 Å². The molecular weight excluding hydrogens is 426 g/mol. The second-order valence-corrected chi connectivity index (χ2v) is 9.46. The monoisotopic (exact) mass is 461 g/mol. The fourth-order valence-electron chi connectivity index (χ4n) is 4.42. The van der Waals surface area contributed by atoms with Gasteiger partial charge in [0.1, 0.15) is 11.4 Å². The maximum absolute atomic E-state index is 13.2. The summed E-state index contributed by atoms with van der Waals surface area (Å²) in [5, 5.41) is 3.26. The number of hydrogen-bond donors (Lipinski definition) is 1. The standard InChI is InChI=1S/C28H35N3O3/c1-4-16-31-27(32)25(21-8-14-24(15-9-21)34-19-20(2)3)26(28(31)33)29-22-10-12-23(13-11-22)30-17-6-5-7-18-30/h8-15,20,29H,4-7,16-19H2,1-3H3. The number of piperidine rings is 1. The smallest absolute Gasteiger partial charge is 0.278 e. The van der Waals surface area contributed by atoms with Crippen molar-refractivity contribution in [3.05, 3.63) is 59.8 Å². The van der Waals surface area contributed by atoms with Crippen LogP contribution in [-0.2, 0) is 9.59 Å². The Morgan fingerprint density at radius 1 is 0.912 bits per heavy atom. The Morgan fingerprint density at radius 3 is 2.21 bits per heavy atom. The molecule has 0 saturated carbocycles. The van der Waals surface area contributed by atoms with E-state index in [0.29, 0.717) is 42.3 Å². The third-order valence-corrected chi connectivity index (χ3v) is 6.20. The lowest BCUT2D eigenvalue weighted by atomic mass is 10.0. The highest BCUT2D eigenvalue weighted by Gasteiger charge is 2.38. The number of nitrogens with zero attached hydrogens (tertiary/aromatic N) is 2. The van der Waals surface area contributed by atoms with Gasteiger partial charge in [-0.2, -0.15) is 0 Å². The molecule has 34 heavy (non-hydrogen) atoms. The zero-order valence-corrected chi connectivity index (χ0v) is 20.5. The second kappa shape index (κ2) is 10.8. The molecule has 180 valence electrons. The van der Waals surface area contributed by atoms with Crippen molar-refractivity contribution >= 4 is 28.8 Å². The first-order chi connectivity index (χ1) is 16.5. The van der Waals surface area contributed by atoms with Crippen LogP contribution < -0.4 is 15.0 Å². The number of rotatable bonds is 9. The Hall–Kier alpha value is -3.28. The summed E-state index contributed by atoms with van der Waals surface area (Å²) in [7, 11) is 0. The Balaban J connectivity index is 1.59. The minimum atomic E-state index is -0.276. The predicted octanol–water partition coefficient (Wildman–Crippen LogP) is 5.31. The fraction of sp³-hybridized carbons (Fsp3) is 0.429. The van der Waals surface area contributed by atoms with Crippen molar-refractivity contribution in [2.75, 3.05) is 36.5 Å². The molecule has 2 amide bonds. The van der Waals surface area contributed by atoms with Gasteiger partial charge in [0.25, 0.3) is 11.8 Å². The Bertz CT molecular complexity index is 1040. The highest BCUT2D eigenvalue weighted by Crippen LogP contribution is 2.32. The minimum Gasteiger partial charge on any atom is -0.493 e. The summed E-state index contributed by atoms with van der Waals surface area (Å²) < 4.78 is 5.78. The molecule has 0 radical (unpaired) electrons. The molecule has 2 aliphatic heterocycles. The van der Waals surface area contributed by atoms with E-state index in [1.165, 1.54) is 29.8 Å². The molecule has 1 fully saturated rings. The van der Waals surface area contributed by atoms with Gasteiger partial charge >= 0.3 is 0 Å². The quantitative estimate of drug-likeness (QED) is 0.513. The van der Waals surface area contributed by atoms with Crippen LogP contribution in [0, 0.1) is 5.92 Å². The highest BCUT2D eigenvalue weighted by atomic mass is 16.5. The number of imide groups is 1. The van der Waals surface area contributed by atoms with Crippen molar-refractivity contribution in [1.29, 1.82) is 0 Å². The largest absolute Gasteiger partial charge is 0.493 e. The van der Waals surface area contributed by atoms with E-state index in [-0.39, 0.29) is 11.8 Å². The molecule has 0 spiro atoms. The van der Waals surface area contributed by atoms with Crippen molar-refractivity contribution in [3.8, 4) is 5.75 Å². The first-order valence-electron chi connectivity index (χ1n) is 12.4. The van der Waals surface area contributed by atoms with E-state index in [4.69, 9.17) is 4.74 Å². The molecule has 4 rings (SSSR count). The zero-order valence-electron chi connectivity index (χ0n) is 20.5. The first kappa shape index (κ1) is 23.9. The van der Waals surface area contributed by atoms with E-state index < -0.39 is 0 Å². The number of benzene rings is 2. The number of anilines is 2. The summed E-state index contributed by atoms with van der Waals surface area (Å²) in [5.74, 6) is 0.649. The van der Waals surface area contributed by atoms with Crippen molar-refractivity contribution < 1.29 is 14.3 Å². The second-order valence-electron chi connectivity index (χ2n) is 9.46. The van der Waals surface area contributed by atoms with E-state index in [1.807, 2.05) is 43.3 Å². The van der Waals surface area contributed by atoms with Gasteiger partial charge in [0.15, 0.2) is 0 Å². The van der Waals surface area contributed by atoms with Crippen LogP contribution in [0.3, 0.4) is 0 Å². The van der Waals surface area contributed by atoms with E-state index >= 15 is 0 Å². The summed E-state index contributed by atoms with van der Waals surface area (Å²) in [6, 6.07) is 15.6. The summed E-state index contributed by atoms with van der Waals surface area (Å²) >= 11 is 0. The molecule has 2 aromatic carbocycles. The van der Waals surface area contributed by atoms with Crippen LogP contribution in [0.1, 0.15) is 52.0 Å². The normalized spacial score (nSPS) is 16.6. The Labute approximate surface area is 202 Å². The molecule has 1 saturated heterocycles. The van der Waals surface area contributed by atoms with Crippen LogP contribution in [0.25, 0.3) is 5.57 Å². The van der Waals surface area contributed by atoms with Crippen molar-refractivity contribution in [1.82, 2.24) is 4.90 Å². The van der Waals surface area contributed by atoms with Gasteiger partial charge in [-0.15, -0.1) is 0 Å². The fourth-order valence-corrected chi connectivity index (χ4v) is 4.42. The molecular formula is C28H35N3O3. The summed E-state index contributed by atoms with van der Waals surface area (Å²) in [6.45, 7) is 9.35. The number of amides is 2. The molecule has 2 aliphatic rings. The van der Waals surface area contributed by atoms with E-state index in [2.05, 4.69) is 36.2 Å². The molecule has 6 nitrogen and oxygen atoms in total. The average molecular weight is 462 g/mol. The molecule has 2 heterocycles. The van der Waals surface area contributed by atoms with E-state index in [0.717, 1.165) is 24.5 Å². The number of ether oxygens (including phenoxy) is 1. The predicted molar refractivity (Wildman–Crippen MR) is 137 cm³/mol. The average Bonchev–Trinajstić information content (AvgIpc) is 3.08. The maximum atomic E-state index is 13.2. The SMILES string of the molecule is CCCN1C(=O)C(Nc2ccc(N3CCCCC3)cc2)=C(c2ccc(OCC(C)C)cc2)C1=O. The number of nitrogens with one attached hydrogen (secondary N) is 1. The van der Waals surface area contributed by atoms with E-state index in [1.54, 1.807) is 0 Å². The third kappa shape index (κ3) is 5.27. The summed E-state index contributed by atoms with van der Waals surface area (Å²) in [5.41, 5.74) is 3.44. The van der Waals surface area contributed by atoms with Gasteiger partial charge in [-0.3, -0.25) is 14.5 Å². The highest BCUT2D eigenvalue weighted by molar-refractivity contribution is 6.36. The molecule has 0 bridgehead atoms. The van der Waals surface area contributed by atoms with Crippen molar-refractivity contribution in [2.45, 2.75) is 46.5 Å². The summed E-state index contributed by atoms with van der Waals surface area (Å²) in [4.78, 5) is 30.2. The van der Waals surface area contributed by atoms with Gasteiger partial charge in [-0.05, 0) is 73.6 Å². The van der Waals surface area contributed by atoms with E-state index in [9.17, 15) is 9.59 Å². The van der Waals surface area contributed by atoms with Crippen LogP contribution in [0.5, 0.6) is 5.75 Å². The molecule has 0 aliphatic carbocycles. The van der Waals surface area contributed by atoms with Gasteiger partial charge in [-0.1, -0.05) is 32.9 Å². The molecule has 0 atom stereocenters. The first-order valence-corrected chi connectivity index (χ1v) is 12.4. The number of carbonyl (C=O) groups excluding carboxylic acids is 2. The molecule has 0 unspecified atom stereocenters.